The number of rotatable bonds is 6. The van der Waals surface area contributed by atoms with Gasteiger partial charge in [-0.05, 0) is 19.4 Å². The maximum Gasteiger partial charge on any atom is 0.233 e. The number of hydrogen-bond acceptors (Lipinski definition) is 3. The molecule has 0 unspecified atom stereocenters. The van der Waals surface area contributed by atoms with Gasteiger partial charge in [0.2, 0.25) is 5.91 Å². The van der Waals surface area contributed by atoms with Crippen molar-refractivity contribution >= 4 is 11.7 Å². The number of Topliss-reactive ketones (excluding diaryl/α,β-unsaturated/α-hetero) is 1. The Morgan fingerprint density at radius 3 is 2.35 bits per heavy atom. The van der Waals surface area contributed by atoms with E-state index in [0.29, 0.717) is 18.9 Å². The van der Waals surface area contributed by atoms with Gasteiger partial charge in [0.1, 0.15) is 5.78 Å². The summed E-state index contributed by atoms with van der Waals surface area (Å²) in [7, 11) is 1.62. The van der Waals surface area contributed by atoms with Crippen molar-refractivity contribution in [2.75, 3.05) is 26.7 Å². The maximum absolute atomic E-state index is 12.1. The van der Waals surface area contributed by atoms with E-state index in [1.807, 2.05) is 11.8 Å². The van der Waals surface area contributed by atoms with Gasteiger partial charge in [0, 0.05) is 13.0 Å². The monoisotopic (exact) mass is 240 g/mol. The van der Waals surface area contributed by atoms with Gasteiger partial charge in [-0.1, -0.05) is 26.2 Å². The minimum atomic E-state index is -0.0247. The number of nitrogens with zero attached hydrogens (tertiary/aromatic N) is 1. The molecule has 0 aromatic carbocycles. The molecule has 0 radical (unpaired) electrons. The third-order valence-corrected chi connectivity index (χ3v) is 3.53. The van der Waals surface area contributed by atoms with Crippen LogP contribution in [0.3, 0.4) is 0 Å². The van der Waals surface area contributed by atoms with Gasteiger partial charge in [-0.3, -0.25) is 14.5 Å². The Labute approximate surface area is 104 Å². The fourth-order valence-electron chi connectivity index (χ4n) is 2.34. The van der Waals surface area contributed by atoms with Crippen molar-refractivity contribution in [3.8, 4) is 0 Å². The van der Waals surface area contributed by atoms with E-state index in [-0.39, 0.29) is 11.8 Å². The Bertz CT molecular complexity index is 260. The summed E-state index contributed by atoms with van der Waals surface area (Å²) in [5.41, 5.74) is 0. The highest BCUT2D eigenvalue weighted by Gasteiger charge is 2.22. The number of amides is 1. The number of carbonyl (C=O) groups is 2. The van der Waals surface area contributed by atoms with E-state index < -0.39 is 0 Å². The summed E-state index contributed by atoms with van der Waals surface area (Å²) >= 11 is 0. The highest BCUT2D eigenvalue weighted by Crippen LogP contribution is 2.24. The molecular weight excluding hydrogens is 216 g/mol. The molecule has 4 heteroatoms. The third-order valence-electron chi connectivity index (χ3n) is 3.53. The summed E-state index contributed by atoms with van der Waals surface area (Å²) < 4.78 is 0. The molecule has 0 aromatic heterocycles. The van der Waals surface area contributed by atoms with Gasteiger partial charge in [0.25, 0.3) is 0 Å². The van der Waals surface area contributed by atoms with Crippen LogP contribution in [0.2, 0.25) is 0 Å². The molecule has 1 aliphatic rings. The molecule has 0 spiro atoms. The fourth-order valence-corrected chi connectivity index (χ4v) is 2.34. The van der Waals surface area contributed by atoms with Gasteiger partial charge in [-0.2, -0.15) is 0 Å². The Kier molecular flexibility index (Phi) is 6.19. The molecule has 0 heterocycles. The van der Waals surface area contributed by atoms with Crippen LogP contribution in [0.25, 0.3) is 0 Å². The summed E-state index contributed by atoms with van der Waals surface area (Å²) in [6.07, 6.45) is 5.70. The van der Waals surface area contributed by atoms with Gasteiger partial charge < -0.3 is 5.32 Å². The molecule has 1 rings (SSSR count). The lowest BCUT2D eigenvalue weighted by molar-refractivity contribution is -0.126. The molecule has 4 nitrogen and oxygen atoms in total. The highest BCUT2D eigenvalue weighted by atomic mass is 16.2. The van der Waals surface area contributed by atoms with Crippen molar-refractivity contribution in [2.24, 2.45) is 5.92 Å². The van der Waals surface area contributed by atoms with Crippen molar-refractivity contribution in [2.45, 2.75) is 39.0 Å². The fraction of sp³-hybridized carbons (Fsp3) is 0.846. The lowest BCUT2D eigenvalue weighted by atomic mass is 9.86. The van der Waals surface area contributed by atoms with Crippen molar-refractivity contribution in [1.29, 1.82) is 0 Å². The van der Waals surface area contributed by atoms with E-state index in [9.17, 15) is 9.59 Å². The molecule has 1 N–H and O–H groups in total. The van der Waals surface area contributed by atoms with Crippen LogP contribution in [0.5, 0.6) is 0 Å². The van der Waals surface area contributed by atoms with Crippen molar-refractivity contribution in [1.82, 2.24) is 10.2 Å². The first-order chi connectivity index (χ1) is 8.17. The minimum absolute atomic E-state index is 0.0247. The first kappa shape index (κ1) is 14.2. The lowest BCUT2D eigenvalue weighted by Gasteiger charge is -2.24. The van der Waals surface area contributed by atoms with Crippen LogP contribution in [0.15, 0.2) is 0 Å². The normalized spacial score (nSPS) is 17.1. The van der Waals surface area contributed by atoms with Crippen LogP contribution in [-0.4, -0.2) is 43.3 Å². The van der Waals surface area contributed by atoms with Crippen LogP contribution in [0.4, 0.5) is 0 Å². The number of hydrogen-bond donors (Lipinski definition) is 1. The van der Waals surface area contributed by atoms with Crippen LogP contribution < -0.4 is 5.32 Å². The molecule has 0 aliphatic heterocycles. The SMILES string of the molecule is CCN(CC(=O)NC)CC(=O)C1CCCCC1. The van der Waals surface area contributed by atoms with Crippen LogP contribution >= 0.6 is 0 Å². The highest BCUT2D eigenvalue weighted by molar-refractivity contribution is 5.84. The summed E-state index contributed by atoms with van der Waals surface area (Å²) in [6.45, 7) is 3.48. The van der Waals surface area contributed by atoms with Gasteiger partial charge >= 0.3 is 0 Å². The number of likely N-dealkylation sites (N-methyl/N-ethyl adjacent to an activating group) is 2. The van der Waals surface area contributed by atoms with E-state index in [4.69, 9.17) is 0 Å². The molecule has 0 atom stereocenters. The molecule has 1 fully saturated rings. The Balaban J connectivity index is 2.38. The molecule has 0 bridgehead atoms. The van der Waals surface area contributed by atoms with Crippen LogP contribution in [-0.2, 0) is 9.59 Å². The van der Waals surface area contributed by atoms with Crippen LogP contribution in [0.1, 0.15) is 39.0 Å². The number of carbonyl (C=O) groups excluding carboxylic acids is 2. The standard InChI is InChI=1S/C13H24N2O2/c1-3-15(10-13(17)14-2)9-12(16)11-7-5-4-6-8-11/h11H,3-10H2,1-2H3,(H,14,17). The number of ketones is 1. The predicted molar refractivity (Wildman–Crippen MR) is 67.8 cm³/mol. The van der Waals surface area contributed by atoms with Crippen molar-refractivity contribution < 1.29 is 9.59 Å². The molecule has 1 amide bonds. The van der Waals surface area contributed by atoms with Crippen LogP contribution in [0, 0.1) is 5.92 Å². The molecule has 0 aromatic rings. The van der Waals surface area contributed by atoms with Gasteiger partial charge in [-0.25, -0.2) is 0 Å². The average molecular weight is 240 g/mol. The van der Waals surface area contributed by atoms with E-state index in [1.54, 1.807) is 7.05 Å². The molecule has 17 heavy (non-hydrogen) atoms. The summed E-state index contributed by atoms with van der Waals surface area (Å²) in [4.78, 5) is 25.3. The van der Waals surface area contributed by atoms with E-state index >= 15 is 0 Å². The zero-order chi connectivity index (χ0) is 12.7. The first-order valence-corrected chi connectivity index (χ1v) is 6.63. The van der Waals surface area contributed by atoms with Crippen molar-refractivity contribution in [3.05, 3.63) is 0 Å². The Morgan fingerprint density at radius 2 is 1.82 bits per heavy atom. The third kappa shape index (κ3) is 4.86. The minimum Gasteiger partial charge on any atom is -0.358 e. The molecule has 1 saturated carbocycles. The second kappa shape index (κ2) is 7.43. The topological polar surface area (TPSA) is 49.4 Å². The lowest BCUT2D eigenvalue weighted by Crippen LogP contribution is -2.40. The molecule has 1 aliphatic carbocycles. The van der Waals surface area contributed by atoms with Gasteiger partial charge in [0.05, 0.1) is 13.1 Å². The summed E-state index contributed by atoms with van der Waals surface area (Å²) in [5, 5.41) is 2.59. The zero-order valence-corrected chi connectivity index (χ0v) is 11.0. The van der Waals surface area contributed by atoms with Gasteiger partial charge in [0.15, 0.2) is 0 Å². The average Bonchev–Trinajstić information content (AvgIpc) is 2.38. The van der Waals surface area contributed by atoms with Crippen molar-refractivity contribution in [3.63, 3.8) is 0 Å². The van der Waals surface area contributed by atoms with E-state index in [0.717, 1.165) is 19.4 Å². The maximum atomic E-state index is 12.1. The summed E-state index contributed by atoms with van der Waals surface area (Å²) in [5.74, 6) is 0.529. The molecule has 98 valence electrons. The quantitative estimate of drug-likeness (QED) is 0.759. The Morgan fingerprint density at radius 1 is 1.18 bits per heavy atom. The largest absolute Gasteiger partial charge is 0.358 e. The molecular formula is C13H24N2O2. The number of nitrogens with one attached hydrogen (secondary N) is 1. The molecule has 0 saturated heterocycles. The van der Waals surface area contributed by atoms with E-state index in [1.165, 1.54) is 19.3 Å². The second-order valence-corrected chi connectivity index (χ2v) is 4.78. The van der Waals surface area contributed by atoms with Gasteiger partial charge in [-0.15, -0.1) is 0 Å². The van der Waals surface area contributed by atoms with E-state index in [2.05, 4.69) is 5.32 Å². The predicted octanol–water partition coefficient (Wildman–Crippen LogP) is 1.20. The Hall–Kier alpha value is -0.900. The smallest absolute Gasteiger partial charge is 0.233 e. The second-order valence-electron chi connectivity index (χ2n) is 4.78. The first-order valence-electron chi connectivity index (χ1n) is 6.63. The zero-order valence-electron chi connectivity index (χ0n) is 11.0. The summed E-state index contributed by atoms with van der Waals surface area (Å²) in [6, 6.07) is 0.